The normalized spacial score (nSPS) is 16.5. The van der Waals surface area contributed by atoms with Crippen LogP contribution in [0.5, 0.6) is 0 Å². The lowest BCUT2D eigenvalue weighted by molar-refractivity contribution is -0.134. The maximum Gasteiger partial charge on any atom is 0.243 e. The molecule has 228 valence electrons. The Morgan fingerprint density at radius 3 is 2.07 bits per heavy atom. The quantitative estimate of drug-likeness (QED) is 0.0680. The zero-order chi connectivity index (χ0) is 30.4. The minimum Gasteiger partial charge on any atom is -0.394 e. The highest BCUT2D eigenvalue weighted by Crippen LogP contribution is 2.27. The fraction of sp³-hybridized carbons (Fsp3) is 0.593. The number of amides is 4. The number of hydrogen-bond acceptors (Lipinski definition) is 7. The Kier molecular flexibility index (Phi) is 14.3. The summed E-state index contributed by atoms with van der Waals surface area (Å²) >= 11 is 6.00. The van der Waals surface area contributed by atoms with Crippen molar-refractivity contribution >= 4 is 41.2 Å². The van der Waals surface area contributed by atoms with Gasteiger partial charge < -0.3 is 44.0 Å². The highest BCUT2D eigenvalue weighted by molar-refractivity contribution is 6.30. The Hall–Kier alpha value is -3.42. The zero-order valence-electron chi connectivity index (χ0n) is 23.2. The van der Waals surface area contributed by atoms with Crippen LogP contribution in [0.2, 0.25) is 5.02 Å². The maximum atomic E-state index is 13.6. The number of primary amides is 1. The van der Waals surface area contributed by atoms with Gasteiger partial charge in [0.2, 0.25) is 23.6 Å². The van der Waals surface area contributed by atoms with E-state index in [-0.39, 0.29) is 24.7 Å². The molecule has 4 amide bonds. The highest BCUT2D eigenvalue weighted by Gasteiger charge is 2.32. The van der Waals surface area contributed by atoms with Gasteiger partial charge in [-0.25, -0.2) is 0 Å². The summed E-state index contributed by atoms with van der Waals surface area (Å²) in [4.78, 5) is 55.2. The Balaban J connectivity index is 2.21. The van der Waals surface area contributed by atoms with Gasteiger partial charge in [0, 0.05) is 18.0 Å². The van der Waals surface area contributed by atoms with Crippen LogP contribution in [-0.4, -0.2) is 72.0 Å². The van der Waals surface area contributed by atoms with Gasteiger partial charge in [0.05, 0.1) is 12.6 Å². The second-order valence-electron chi connectivity index (χ2n) is 10.4. The topological polar surface area (TPSA) is 241 Å². The summed E-state index contributed by atoms with van der Waals surface area (Å²) in [5.41, 5.74) is 22.7. The van der Waals surface area contributed by atoms with Gasteiger partial charge in [-0.15, -0.1) is 0 Å². The summed E-state index contributed by atoms with van der Waals surface area (Å²) < 4.78 is 0. The van der Waals surface area contributed by atoms with Crippen molar-refractivity contribution in [3.63, 3.8) is 0 Å². The van der Waals surface area contributed by atoms with Gasteiger partial charge in [0.1, 0.15) is 18.1 Å². The number of rotatable bonds is 16. The van der Waals surface area contributed by atoms with Crippen molar-refractivity contribution in [3.05, 3.63) is 34.9 Å². The van der Waals surface area contributed by atoms with E-state index in [9.17, 15) is 24.3 Å². The van der Waals surface area contributed by atoms with Crippen molar-refractivity contribution in [3.8, 4) is 0 Å². The number of guanidine groups is 1. The molecule has 4 atom stereocenters. The number of halogens is 1. The third-order valence-electron chi connectivity index (χ3n) is 7.06. The van der Waals surface area contributed by atoms with Crippen LogP contribution >= 0.6 is 11.6 Å². The third kappa shape index (κ3) is 12.3. The smallest absolute Gasteiger partial charge is 0.243 e. The van der Waals surface area contributed by atoms with Crippen LogP contribution in [0.1, 0.15) is 56.9 Å². The molecule has 1 aromatic rings. The standard InChI is InChI=1S/C27H43ClN8O5/c28-18-10-8-17(9-11-18)14-20(34-24(39)19(29)7-4-12-33-27(31)32)25(40)35-21(13-16-5-2-1-3-6-16)26(41)36-22(15-37)23(30)38/h8-11,16,19-22,37H,1-7,12-15,29H2,(H2,30,38)(H,34,39)(H,35,40)(H,36,41)(H4,31,32,33)/t19-,20-,21-,22-/m0/s1. The lowest BCUT2D eigenvalue weighted by Gasteiger charge is -2.29. The van der Waals surface area contributed by atoms with Crippen LogP contribution in [-0.2, 0) is 25.6 Å². The largest absolute Gasteiger partial charge is 0.394 e. The van der Waals surface area contributed by atoms with E-state index in [1.807, 2.05) is 0 Å². The number of nitrogens with one attached hydrogen (secondary N) is 3. The van der Waals surface area contributed by atoms with E-state index in [2.05, 4.69) is 20.9 Å². The Morgan fingerprint density at radius 1 is 0.902 bits per heavy atom. The molecule has 1 aliphatic carbocycles. The second-order valence-corrected chi connectivity index (χ2v) is 10.8. The molecule has 0 saturated heterocycles. The Labute approximate surface area is 245 Å². The first-order valence-corrected chi connectivity index (χ1v) is 14.2. The van der Waals surface area contributed by atoms with Crippen molar-refractivity contribution in [1.29, 1.82) is 0 Å². The molecule has 0 bridgehead atoms. The molecule has 1 saturated carbocycles. The number of hydrogen-bond donors (Lipinski definition) is 8. The zero-order valence-corrected chi connectivity index (χ0v) is 23.9. The molecule has 0 spiro atoms. The first kappa shape index (κ1) is 33.8. The molecule has 1 aromatic carbocycles. The van der Waals surface area contributed by atoms with Gasteiger partial charge in [-0.1, -0.05) is 55.8 Å². The summed E-state index contributed by atoms with van der Waals surface area (Å²) in [5.74, 6) is -2.57. The van der Waals surface area contributed by atoms with Crippen molar-refractivity contribution < 1.29 is 24.3 Å². The van der Waals surface area contributed by atoms with Crippen LogP contribution < -0.4 is 38.9 Å². The number of carbonyl (C=O) groups is 4. The molecular formula is C27H43ClN8O5. The molecule has 12 N–H and O–H groups in total. The van der Waals surface area contributed by atoms with E-state index in [0.29, 0.717) is 24.4 Å². The lowest BCUT2D eigenvalue weighted by atomic mass is 9.84. The summed E-state index contributed by atoms with van der Waals surface area (Å²) in [6.45, 7) is -0.377. The molecular weight excluding hydrogens is 552 g/mol. The van der Waals surface area contributed by atoms with Crippen LogP contribution in [0.25, 0.3) is 0 Å². The monoisotopic (exact) mass is 594 g/mol. The number of carbonyl (C=O) groups excluding carboxylic acids is 4. The van der Waals surface area contributed by atoms with Gasteiger partial charge in [-0.05, 0) is 42.9 Å². The van der Waals surface area contributed by atoms with Crippen LogP contribution in [0.3, 0.4) is 0 Å². The molecule has 0 radical (unpaired) electrons. The van der Waals surface area contributed by atoms with E-state index < -0.39 is 54.4 Å². The molecule has 13 nitrogen and oxygen atoms in total. The van der Waals surface area contributed by atoms with Crippen molar-refractivity contribution in [2.75, 3.05) is 13.2 Å². The molecule has 1 fully saturated rings. The first-order valence-electron chi connectivity index (χ1n) is 13.9. The van der Waals surface area contributed by atoms with Gasteiger partial charge in [-0.3, -0.25) is 24.2 Å². The summed E-state index contributed by atoms with van der Waals surface area (Å²) in [5, 5.41) is 17.9. The maximum absolute atomic E-state index is 13.6. The number of nitrogens with zero attached hydrogens (tertiary/aromatic N) is 1. The molecule has 2 rings (SSSR count). The van der Waals surface area contributed by atoms with Gasteiger partial charge >= 0.3 is 0 Å². The average molecular weight is 595 g/mol. The van der Waals surface area contributed by atoms with Gasteiger partial charge in [-0.2, -0.15) is 0 Å². The van der Waals surface area contributed by atoms with E-state index in [0.717, 1.165) is 37.7 Å². The van der Waals surface area contributed by atoms with Crippen molar-refractivity contribution in [2.45, 2.75) is 82.0 Å². The molecule has 0 heterocycles. The molecule has 41 heavy (non-hydrogen) atoms. The predicted molar refractivity (Wildman–Crippen MR) is 156 cm³/mol. The molecule has 0 aliphatic heterocycles. The van der Waals surface area contributed by atoms with Crippen LogP contribution in [0.15, 0.2) is 29.3 Å². The second kappa shape index (κ2) is 17.4. The van der Waals surface area contributed by atoms with Crippen molar-refractivity contribution in [1.82, 2.24) is 16.0 Å². The fourth-order valence-corrected chi connectivity index (χ4v) is 4.86. The Morgan fingerprint density at radius 2 is 1.49 bits per heavy atom. The average Bonchev–Trinajstić information content (AvgIpc) is 2.94. The van der Waals surface area contributed by atoms with Crippen molar-refractivity contribution in [2.24, 2.45) is 33.8 Å². The molecule has 0 unspecified atom stereocenters. The Bertz CT molecular complexity index is 1040. The van der Waals surface area contributed by atoms with Crippen LogP contribution in [0.4, 0.5) is 0 Å². The number of aliphatic imine (C=N–C) groups is 1. The van der Waals surface area contributed by atoms with E-state index >= 15 is 0 Å². The summed E-state index contributed by atoms with van der Waals surface area (Å²) in [7, 11) is 0. The predicted octanol–water partition coefficient (Wildman–Crippen LogP) is -0.834. The number of aliphatic hydroxyl groups excluding tert-OH is 1. The summed E-state index contributed by atoms with van der Waals surface area (Å²) in [6.07, 6.45) is 6.12. The van der Waals surface area contributed by atoms with Gasteiger partial charge in [0.15, 0.2) is 5.96 Å². The SMILES string of the molecule is NC(=O)[C@H](CO)NC(=O)[C@H](CC1CCCCC1)NC(=O)[C@H](Cc1ccc(Cl)cc1)NC(=O)[C@@H](N)CCCN=C(N)N. The van der Waals surface area contributed by atoms with Gasteiger partial charge in [0.25, 0.3) is 0 Å². The lowest BCUT2D eigenvalue weighted by Crippen LogP contribution is -2.58. The van der Waals surface area contributed by atoms with Crippen LogP contribution in [0, 0.1) is 5.92 Å². The van der Waals surface area contributed by atoms with E-state index in [1.54, 1.807) is 24.3 Å². The minimum absolute atomic E-state index is 0.0596. The first-order chi connectivity index (χ1) is 19.5. The minimum atomic E-state index is -1.30. The highest BCUT2D eigenvalue weighted by atomic mass is 35.5. The third-order valence-corrected chi connectivity index (χ3v) is 7.31. The van der Waals surface area contributed by atoms with E-state index in [4.69, 9.17) is 34.5 Å². The molecule has 0 aromatic heterocycles. The summed E-state index contributed by atoms with van der Waals surface area (Å²) in [6, 6.07) is 2.49. The molecule has 1 aliphatic rings. The number of benzene rings is 1. The fourth-order valence-electron chi connectivity index (χ4n) is 4.73. The number of nitrogens with two attached hydrogens (primary N) is 4. The van der Waals surface area contributed by atoms with E-state index in [1.165, 1.54) is 0 Å². The molecule has 14 heteroatoms. The number of aliphatic hydroxyl groups is 1.